The van der Waals surface area contributed by atoms with Crippen LogP contribution in [0.3, 0.4) is 0 Å². The molecule has 2 amide bonds. The van der Waals surface area contributed by atoms with Crippen LogP contribution in [0.4, 0.5) is 16.2 Å². The molecule has 1 unspecified atom stereocenters. The summed E-state index contributed by atoms with van der Waals surface area (Å²) in [6.07, 6.45) is 4.73. The third-order valence-corrected chi connectivity index (χ3v) is 4.72. The zero-order valence-electron chi connectivity index (χ0n) is 16.0. The van der Waals surface area contributed by atoms with E-state index < -0.39 is 12.1 Å². The molecule has 1 aliphatic rings. The molecule has 1 aromatic carbocycles. The number of carbonyl (C=O) groups excluding carboxylic acids is 2. The van der Waals surface area contributed by atoms with Crippen molar-refractivity contribution in [2.75, 3.05) is 23.8 Å². The maximum atomic E-state index is 12.5. The first kappa shape index (κ1) is 20.1. The fraction of sp³-hybridized carbons (Fsp3) is 0.600. The van der Waals surface area contributed by atoms with Gasteiger partial charge >= 0.3 is 6.09 Å². The SMILES string of the molecule is CCOC(=O)NC(C(=O)Nc1ccc(NCC2CCCC2)cc1)C(C)C. The minimum atomic E-state index is -0.644. The number of alkyl carbamates (subject to hydrolysis) is 1. The molecule has 1 fully saturated rings. The molecule has 6 nitrogen and oxygen atoms in total. The Bertz CT molecular complexity index is 580. The molecule has 144 valence electrons. The van der Waals surface area contributed by atoms with Crippen LogP contribution in [0.15, 0.2) is 24.3 Å². The van der Waals surface area contributed by atoms with E-state index in [0.717, 1.165) is 18.2 Å². The maximum absolute atomic E-state index is 12.5. The first-order chi connectivity index (χ1) is 12.5. The zero-order chi connectivity index (χ0) is 18.9. The van der Waals surface area contributed by atoms with Crippen molar-refractivity contribution in [1.82, 2.24) is 5.32 Å². The Kier molecular flexibility index (Phi) is 7.75. The topological polar surface area (TPSA) is 79.5 Å². The lowest BCUT2D eigenvalue weighted by Gasteiger charge is -2.21. The average Bonchev–Trinajstić information content (AvgIpc) is 3.12. The summed E-state index contributed by atoms with van der Waals surface area (Å²) >= 11 is 0. The highest BCUT2D eigenvalue weighted by Crippen LogP contribution is 2.25. The number of hydrogen-bond donors (Lipinski definition) is 3. The molecule has 0 aliphatic heterocycles. The highest BCUT2D eigenvalue weighted by atomic mass is 16.5. The van der Waals surface area contributed by atoms with Gasteiger partial charge in [0.1, 0.15) is 6.04 Å². The highest BCUT2D eigenvalue weighted by molar-refractivity contribution is 5.96. The van der Waals surface area contributed by atoms with Crippen molar-refractivity contribution in [3.63, 3.8) is 0 Å². The van der Waals surface area contributed by atoms with E-state index in [1.165, 1.54) is 25.7 Å². The van der Waals surface area contributed by atoms with Crippen LogP contribution < -0.4 is 16.0 Å². The van der Waals surface area contributed by atoms with Gasteiger partial charge in [0, 0.05) is 17.9 Å². The largest absolute Gasteiger partial charge is 0.450 e. The average molecular weight is 361 g/mol. The van der Waals surface area contributed by atoms with Crippen LogP contribution in [0.1, 0.15) is 46.5 Å². The summed E-state index contributed by atoms with van der Waals surface area (Å²) in [5, 5.41) is 8.94. The van der Waals surface area contributed by atoms with Crippen LogP contribution in [-0.4, -0.2) is 31.2 Å². The molecule has 1 saturated carbocycles. The molecule has 6 heteroatoms. The molecule has 1 aromatic rings. The third kappa shape index (κ3) is 6.24. The molecular weight excluding hydrogens is 330 g/mol. The lowest BCUT2D eigenvalue weighted by molar-refractivity contribution is -0.119. The fourth-order valence-corrected chi connectivity index (χ4v) is 3.20. The summed E-state index contributed by atoms with van der Waals surface area (Å²) < 4.78 is 4.87. The monoisotopic (exact) mass is 361 g/mol. The second-order valence-corrected chi connectivity index (χ2v) is 7.18. The van der Waals surface area contributed by atoms with Crippen LogP contribution in [0.5, 0.6) is 0 Å². The smallest absolute Gasteiger partial charge is 0.407 e. The molecule has 0 radical (unpaired) electrons. The van der Waals surface area contributed by atoms with E-state index in [1.807, 2.05) is 38.1 Å². The van der Waals surface area contributed by atoms with Crippen LogP contribution in [0, 0.1) is 11.8 Å². The van der Waals surface area contributed by atoms with Gasteiger partial charge in [-0.05, 0) is 55.9 Å². The maximum Gasteiger partial charge on any atom is 0.407 e. The van der Waals surface area contributed by atoms with Gasteiger partial charge in [-0.25, -0.2) is 4.79 Å². The van der Waals surface area contributed by atoms with Gasteiger partial charge in [0.25, 0.3) is 0 Å². The van der Waals surface area contributed by atoms with Crippen LogP contribution in [0.2, 0.25) is 0 Å². The van der Waals surface area contributed by atoms with E-state index in [4.69, 9.17) is 4.74 Å². The number of nitrogens with one attached hydrogen (secondary N) is 3. The molecule has 26 heavy (non-hydrogen) atoms. The van der Waals surface area contributed by atoms with Crippen molar-refractivity contribution in [2.24, 2.45) is 11.8 Å². The number of anilines is 2. The number of ether oxygens (including phenoxy) is 1. The van der Waals surface area contributed by atoms with E-state index in [9.17, 15) is 9.59 Å². The minimum Gasteiger partial charge on any atom is -0.450 e. The van der Waals surface area contributed by atoms with Crippen molar-refractivity contribution >= 4 is 23.4 Å². The van der Waals surface area contributed by atoms with Gasteiger partial charge in [0.2, 0.25) is 5.91 Å². The van der Waals surface area contributed by atoms with Crippen molar-refractivity contribution in [1.29, 1.82) is 0 Å². The van der Waals surface area contributed by atoms with Crippen LogP contribution in [0.25, 0.3) is 0 Å². The summed E-state index contributed by atoms with van der Waals surface area (Å²) in [7, 11) is 0. The molecule has 0 heterocycles. The number of amides is 2. The Labute approximate surface area is 156 Å². The van der Waals surface area contributed by atoms with Gasteiger partial charge in [-0.2, -0.15) is 0 Å². The second-order valence-electron chi connectivity index (χ2n) is 7.18. The lowest BCUT2D eigenvalue weighted by atomic mass is 10.0. The van der Waals surface area contributed by atoms with Crippen molar-refractivity contribution in [3.8, 4) is 0 Å². The Morgan fingerprint density at radius 2 is 1.73 bits per heavy atom. The Hall–Kier alpha value is -2.24. The quantitative estimate of drug-likeness (QED) is 0.654. The number of benzene rings is 1. The number of rotatable bonds is 8. The first-order valence-electron chi connectivity index (χ1n) is 9.57. The first-order valence-corrected chi connectivity index (χ1v) is 9.57. The van der Waals surface area contributed by atoms with Crippen molar-refractivity contribution in [3.05, 3.63) is 24.3 Å². The summed E-state index contributed by atoms with van der Waals surface area (Å²) in [6.45, 7) is 6.77. The normalized spacial score (nSPS) is 15.5. The molecule has 1 atom stereocenters. The minimum absolute atomic E-state index is 0.0493. The van der Waals surface area contributed by atoms with Crippen molar-refractivity contribution < 1.29 is 14.3 Å². The Balaban J connectivity index is 1.86. The predicted molar refractivity (Wildman–Crippen MR) is 104 cm³/mol. The Morgan fingerprint density at radius 3 is 2.31 bits per heavy atom. The van der Waals surface area contributed by atoms with E-state index in [0.29, 0.717) is 5.69 Å². The molecule has 1 aliphatic carbocycles. The van der Waals surface area contributed by atoms with Gasteiger partial charge in [0.15, 0.2) is 0 Å². The van der Waals surface area contributed by atoms with Gasteiger partial charge in [-0.15, -0.1) is 0 Å². The van der Waals surface area contributed by atoms with E-state index in [-0.39, 0.29) is 18.4 Å². The molecular formula is C20H31N3O3. The molecule has 0 aromatic heterocycles. The predicted octanol–water partition coefficient (Wildman–Crippen LogP) is 4.00. The van der Waals surface area contributed by atoms with Crippen LogP contribution in [-0.2, 0) is 9.53 Å². The molecule has 3 N–H and O–H groups in total. The fourth-order valence-electron chi connectivity index (χ4n) is 3.20. The van der Waals surface area contributed by atoms with Gasteiger partial charge in [-0.3, -0.25) is 4.79 Å². The molecule has 0 spiro atoms. The second kappa shape index (κ2) is 10.0. The Morgan fingerprint density at radius 1 is 1.12 bits per heavy atom. The molecule has 0 saturated heterocycles. The van der Waals surface area contributed by atoms with Gasteiger partial charge in [-0.1, -0.05) is 26.7 Å². The standard InChI is InChI=1S/C20H31N3O3/c1-4-26-20(25)23-18(14(2)3)19(24)22-17-11-9-16(10-12-17)21-13-15-7-5-6-8-15/h9-12,14-15,18,21H,4-8,13H2,1-3H3,(H,22,24)(H,23,25). The van der Waals surface area contributed by atoms with Crippen LogP contribution >= 0.6 is 0 Å². The highest BCUT2D eigenvalue weighted by Gasteiger charge is 2.24. The van der Waals surface area contributed by atoms with E-state index in [2.05, 4.69) is 16.0 Å². The summed E-state index contributed by atoms with van der Waals surface area (Å²) in [4.78, 5) is 24.1. The third-order valence-electron chi connectivity index (χ3n) is 4.72. The zero-order valence-corrected chi connectivity index (χ0v) is 16.0. The molecule has 0 bridgehead atoms. The van der Waals surface area contributed by atoms with Gasteiger partial charge in [0.05, 0.1) is 6.61 Å². The summed E-state index contributed by atoms with van der Waals surface area (Å²) in [5.74, 6) is 0.474. The number of hydrogen-bond acceptors (Lipinski definition) is 4. The summed E-state index contributed by atoms with van der Waals surface area (Å²) in [6, 6.07) is 7.03. The van der Waals surface area contributed by atoms with Gasteiger partial charge < -0.3 is 20.7 Å². The van der Waals surface area contributed by atoms with Crippen molar-refractivity contribution in [2.45, 2.75) is 52.5 Å². The summed E-state index contributed by atoms with van der Waals surface area (Å²) in [5.41, 5.74) is 1.76. The van der Waals surface area contributed by atoms with E-state index in [1.54, 1.807) is 6.92 Å². The molecule has 2 rings (SSSR count). The number of carbonyl (C=O) groups is 2. The van der Waals surface area contributed by atoms with E-state index >= 15 is 0 Å². The lowest BCUT2D eigenvalue weighted by Crippen LogP contribution is -2.47.